The largest absolute Gasteiger partial charge is 0.390 e. The normalized spacial score (nSPS) is 10.8. The molecule has 0 aliphatic heterocycles. The molecule has 0 bridgehead atoms. The molecule has 21 heavy (non-hydrogen) atoms. The lowest BCUT2D eigenvalue weighted by Gasteiger charge is -2.08. The van der Waals surface area contributed by atoms with Crippen molar-refractivity contribution in [2.45, 2.75) is 6.61 Å². The molecule has 0 amide bonds. The molecular weight excluding hydrogens is 293 g/mol. The highest BCUT2D eigenvalue weighted by atomic mass is 35.5. The highest BCUT2D eigenvalue weighted by Crippen LogP contribution is 2.27. The molecule has 0 aliphatic rings. The molecule has 6 heteroatoms. The molecule has 0 saturated carbocycles. The van der Waals surface area contributed by atoms with Gasteiger partial charge in [0.2, 0.25) is 0 Å². The van der Waals surface area contributed by atoms with Crippen LogP contribution >= 0.6 is 11.6 Å². The molecular formula is C15H11ClFN3O. The molecule has 0 fully saturated rings. The topological polar surface area (TPSA) is 50.9 Å². The third kappa shape index (κ3) is 2.53. The lowest BCUT2D eigenvalue weighted by molar-refractivity contribution is 0.277. The number of hydrogen-bond acceptors (Lipinski definition) is 3. The molecule has 1 aromatic heterocycles. The Morgan fingerprint density at radius 2 is 1.90 bits per heavy atom. The minimum Gasteiger partial charge on any atom is -0.390 e. The number of aliphatic hydroxyl groups excluding tert-OH is 1. The standard InChI is InChI=1S/C15H11ClFN3O/c16-12-8-11(6-7-13(12)17)20-15(14(9-21)18-19-20)10-4-2-1-3-5-10/h1-8,21H,9H2. The van der Waals surface area contributed by atoms with Gasteiger partial charge in [0.25, 0.3) is 0 Å². The van der Waals surface area contributed by atoms with Crippen LogP contribution in [0.1, 0.15) is 5.69 Å². The Hall–Kier alpha value is -2.24. The van der Waals surface area contributed by atoms with E-state index in [1.807, 2.05) is 30.3 Å². The van der Waals surface area contributed by atoms with Gasteiger partial charge in [-0.25, -0.2) is 9.07 Å². The van der Waals surface area contributed by atoms with E-state index < -0.39 is 5.82 Å². The number of aliphatic hydroxyl groups is 1. The average Bonchev–Trinajstić information content (AvgIpc) is 2.95. The van der Waals surface area contributed by atoms with Gasteiger partial charge in [-0.15, -0.1) is 5.10 Å². The van der Waals surface area contributed by atoms with Gasteiger partial charge < -0.3 is 5.11 Å². The molecule has 0 spiro atoms. The summed E-state index contributed by atoms with van der Waals surface area (Å²) in [5.74, 6) is -0.496. The fraction of sp³-hybridized carbons (Fsp3) is 0.0667. The van der Waals surface area contributed by atoms with Gasteiger partial charge in [-0.1, -0.05) is 47.1 Å². The second-order valence-corrected chi connectivity index (χ2v) is 4.83. The summed E-state index contributed by atoms with van der Waals surface area (Å²) in [6.45, 7) is -0.237. The molecule has 3 aromatic rings. The molecule has 0 radical (unpaired) electrons. The molecule has 0 unspecified atom stereocenters. The number of benzene rings is 2. The Labute approximate surface area is 125 Å². The second-order valence-electron chi connectivity index (χ2n) is 4.42. The molecule has 1 heterocycles. The van der Waals surface area contributed by atoms with Gasteiger partial charge in [-0.05, 0) is 18.2 Å². The van der Waals surface area contributed by atoms with Crippen LogP contribution in [0.15, 0.2) is 48.5 Å². The highest BCUT2D eigenvalue weighted by Gasteiger charge is 2.16. The van der Waals surface area contributed by atoms with E-state index in [2.05, 4.69) is 10.3 Å². The summed E-state index contributed by atoms with van der Waals surface area (Å²) < 4.78 is 14.8. The van der Waals surface area contributed by atoms with E-state index in [1.54, 1.807) is 6.07 Å². The van der Waals surface area contributed by atoms with E-state index in [4.69, 9.17) is 11.6 Å². The van der Waals surface area contributed by atoms with Gasteiger partial charge in [0.1, 0.15) is 17.2 Å². The van der Waals surface area contributed by atoms with Crippen molar-refractivity contribution in [1.29, 1.82) is 0 Å². The van der Waals surface area contributed by atoms with Gasteiger partial charge in [0.05, 0.1) is 17.3 Å². The molecule has 106 valence electrons. The number of nitrogens with zero attached hydrogens (tertiary/aromatic N) is 3. The van der Waals surface area contributed by atoms with Crippen molar-refractivity contribution in [3.05, 3.63) is 65.1 Å². The lowest BCUT2D eigenvalue weighted by atomic mass is 10.1. The van der Waals surface area contributed by atoms with E-state index in [0.717, 1.165) is 5.56 Å². The van der Waals surface area contributed by atoms with Crippen LogP contribution in [-0.4, -0.2) is 20.1 Å². The van der Waals surface area contributed by atoms with E-state index in [0.29, 0.717) is 17.1 Å². The van der Waals surface area contributed by atoms with Gasteiger partial charge in [0.15, 0.2) is 0 Å². The van der Waals surface area contributed by atoms with Crippen molar-refractivity contribution in [1.82, 2.24) is 15.0 Å². The summed E-state index contributed by atoms with van der Waals surface area (Å²) in [6, 6.07) is 13.7. The first-order valence-corrected chi connectivity index (χ1v) is 6.65. The van der Waals surface area contributed by atoms with Crippen LogP contribution in [0, 0.1) is 5.82 Å². The third-order valence-electron chi connectivity index (χ3n) is 3.08. The SMILES string of the molecule is OCc1nnn(-c2ccc(F)c(Cl)c2)c1-c1ccccc1. The smallest absolute Gasteiger partial charge is 0.141 e. The summed E-state index contributed by atoms with van der Waals surface area (Å²) >= 11 is 5.82. The van der Waals surface area contributed by atoms with Crippen molar-refractivity contribution < 1.29 is 9.50 Å². The Bertz CT molecular complexity index is 774. The quantitative estimate of drug-likeness (QED) is 0.808. The zero-order chi connectivity index (χ0) is 14.8. The summed E-state index contributed by atoms with van der Waals surface area (Å²) in [4.78, 5) is 0. The average molecular weight is 304 g/mol. The van der Waals surface area contributed by atoms with Crippen LogP contribution in [0.25, 0.3) is 16.9 Å². The van der Waals surface area contributed by atoms with Crippen LogP contribution in [0.3, 0.4) is 0 Å². The minimum atomic E-state index is -0.496. The first-order chi connectivity index (χ1) is 10.2. The van der Waals surface area contributed by atoms with Crippen LogP contribution in [0.4, 0.5) is 4.39 Å². The maximum Gasteiger partial charge on any atom is 0.141 e. The fourth-order valence-corrected chi connectivity index (χ4v) is 2.28. The van der Waals surface area contributed by atoms with Gasteiger partial charge in [-0.3, -0.25) is 0 Å². The molecule has 3 rings (SSSR count). The maximum atomic E-state index is 13.3. The van der Waals surface area contributed by atoms with Crippen LogP contribution in [0.2, 0.25) is 5.02 Å². The highest BCUT2D eigenvalue weighted by molar-refractivity contribution is 6.30. The predicted octanol–water partition coefficient (Wildman–Crippen LogP) is 3.22. The summed E-state index contributed by atoms with van der Waals surface area (Å²) in [5, 5.41) is 17.4. The molecule has 0 atom stereocenters. The lowest BCUT2D eigenvalue weighted by Crippen LogP contribution is -2.00. The summed E-state index contributed by atoms with van der Waals surface area (Å²) in [5.41, 5.74) is 2.53. The van der Waals surface area contributed by atoms with Crippen molar-refractivity contribution >= 4 is 11.6 Å². The van der Waals surface area contributed by atoms with E-state index in [1.165, 1.54) is 16.8 Å². The van der Waals surface area contributed by atoms with Crippen molar-refractivity contribution in [3.8, 4) is 16.9 Å². The monoisotopic (exact) mass is 303 g/mol. The first kappa shape index (κ1) is 13.7. The zero-order valence-electron chi connectivity index (χ0n) is 10.9. The Balaban J connectivity index is 2.20. The van der Waals surface area contributed by atoms with Gasteiger partial charge >= 0.3 is 0 Å². The van der Waals surface area contributed by atoms with Gasteiger partial charge in [0, 0.05) is 5.56 Å². The van der Waals surface area contributed by atoms with Crippen molar-refractivity contribution in [3.63, 3.8) is 0 Å². The molecule has 0 aliphatic carbocycles. The van der Waals surface area contributed by atoms with E-state index in [-0.39, 0.29) is 11.6 Å². The third-order valence-corrected chi connectivity index (χ3v) is 3.37. The Kier molecular flexibility index (Phi) is 3.68. The maximum absolute atomic E-state index is 13.3. The molecule has 1 N–H and O–H groups in total. The number of aromatic nitrogens is 3. The second kappa shape index (κ2) is 5.63. The number of hydrogen-bond donors (Lipinski definition) is 1. The van der Waals surface area contributed by atoms with Crippen LogP contribution in [-0.2, 0) is 6.61 Å². The Morgan fingerprint density at radius 3 is 2.57 bits per heavy atom. The van der Waals surface area contributed by atoms with Crippen molar-refractivity contribution in [2.24, 2.45) is 0 Å². The van der Waals surface area contributed by atoms with Crippen LogP contribution in [0.5, 0.6) is 0 Å². The van der Waals surface area contributed by atoms with Crippen LogP contribution < -0.4 is 0 Å². The Morgan fingerprint density at radius 1 is 1.14 bits per heavy atom. The molecule has 2 aromatic carbocycles. The fourth-order valence-electron chi connectivity index (χ4n) is 2.10. The predicted molar refractivity (Wildman–Crippen MR) is 77.7 cm³/mol. The zero-order valence-corrected chi connectivity index (χ0v) is 11.6. The van der Waals surface area contributed by atoms with E-state index in [9.17, 15) is 9.50 Å². The number of halogens is 2. The van der Waals surface area contributed by atoms with E-state index >= 15 is 0 Å². The molecule has 4 nitrogen and oxygen atoms in total. The minimum absolute atomic E-state index is 0.00700. The summed E-state index contributed by atoms with van der Waals surface area (Å²) in [7, 11) is 0. The first-order valence-electron chi connectivity index (χ1n) is 6.27. The van der Waals surface area contributed by atoms with Gasteiger partial charge in [-0.2, -0.15) is 0 Å². The molecule has 0 saturated heterocycles. The summed E-state index contributed by atoms with van der Waals surface area (Å²) in [6.07, 6.45) is 0. The number of rotatable bonds is 3. The van der Waals surface area contributed by atoms with Crippen molar-refractivity contribution in [2.75, 3.05) is 0 Å².